The van der Waals surface area contributed by atoms with Gasteiger partial charge in [-0.3, -0.25) is 9.69 Å². The van der Waals surface area contributed by atoms with Crippen molar-refractivity contribution < 1.29 is 27.8 Å². The Morgan fingerprint density at radius 1 is 1.16 bits per heavy atom. The molecule has 0 unspecified atom stereocenters. The second-order valence-electron chi connectivity index (χ2n) is 9.00. The van der Waals surface area contributed by atoms with Crippen molar-refractivity contribution in [3.05, 3.63) is 69.7 Å². The van der Waals surface area contributed by atoms with E-state index in [9.17, 15) is 23.1 Å². The predicted octanol–water partition coefficient (Wildman–Crippen LogP) is 4.29. The number of hydrogen-bond acceptors (Lipinski definition) is 7. The van der Waals surface area contributed by atoms with Gasteiger partial charge in [-0.1, -0.05) is 6.07 Å². The average molecular weight is 546 g/mol. The fraction of sp³-hybridized carbons (Fsp3) is 0.346. The number of alkyl halides is 3. The van der Waals surface area contributed by atoms with Crippen molar-refractivity contribution >= 4 is 22.9 Å². The minimum atomic E-state index is -4.72. The molecule has 1 aliphatic rings. The van der Waals surface area contributed by atoms with E-state index in [1.165, 1.54) is 14.0 Å². The Labute approximate surface area is 220 Å². The maximum atomic E-state index is 14.2. The first-order chi connectivity index (χ1) is 18.2. The third-order valence-corrected chi connectivity index (χ3v) is 7.81. The third kappa shape index (κ3) is 4.74. The summed E-state index contributed by atoms with van der Waals surface area (Å²) < 4.78 is 48.5. The van der Waals surface area contributed by atoms with Crippen molar-refractivity contribution in [2.45, 2.75) is 19.1 Å². The van der Waals surface area contributed by atoms with Crippen LogP contribution in [0, 0.1) is 6.92 Å². The Morgan fingerprint density at radius 2 is 1.87 bits per heavy atom. The molecule has 3 aromatic heterocycles. The molecular weight excluding hydrogens is 519 g/mol. The van der Waals surface area contributed by atoms with Crippen molar-refractivity contribution in [3.63, 3.8) is 0 Å². The minimum absolute atomic E-state index is 0.00989. The summed E-state index contributed by atoms with van der Waals surface area (Å²) in [7, 11) is 1.50. The van der Waals surface area contributed by atoms with E-state index < -0.39 is 17.8 Å². The fourth-order valence-electron chi connectivity index (χ4n) is 4.86. The molecule has 0 radical (unpaired) electrons. The van der Waals surface area contributed by atoms with Crippen LogP contribution in [-0.4, -0.2) is 75.3 Å². The second kappa shape index (κ2) is 10.4. The van der Waals surface area contributed by atoms with Gasteiger partial charge in [0.25, 0.3) is 5.91 Å². The van der Waals surface area contributed by atoms with Crippen molar-refractivity contribution in [2.75, 3.05) is 39.9 Å². The molecule has 5 rings (SSSR count). The van der Waals surface area contributed by atoms with Crippen LogP contribution in [0.5, 0.6) is 5.75 Å². The molecule has 1 N–H and O–H groups in total. The van der Waals surface area contributed by atoms with E-state index in [0.29, 0.717) is 42.0 Å². The molecule has 12 heteroatoms. The lowest BCUT2D eigenvalue weighted by Crippen LogP contribution is -2.50. The van der Waals surface area contributed by atoms with Gasteiger partial charge in [0.2, 0.25) is 0 Å². The first kappa shape index (κ1) is 26.1. The van der Waals surface area contributed by atoms with Crippen LogP contribution >= 0.6 is 11.3 Å². The Bertz CT molecular complexity index is 1430. The number of aromatic nitrogens is 3. The fourth-order valence-corrected chi connectivity index (χ4v) is 5.71. The molecule has 4 heterocycles. The highest BCUT2D eigenvalue weighted by Gasteiger charge is 2.39. The predicted molar refractivity (Wildman–Crippen MR) is 136 cm³/mol. The lowest BCUT2D eigenvalue weighted by atomic mass is 10.0. The van der Waals surface area contributed by atoms with Gasteiger partial charge in [-0.05, 0) is 42.6 Å². The number of aliphatic hydroxyl groups excluding tert-OH is 1. The van der Waals surface area contributed by atoms with Crippen molar-refractivity contribution in [3.8, 4) is 17.0 Å². The van der Waals surface area contributed by atoms with E-state index >= 15 is 0 Å². The van der Waals surface area contributed by atoms with Crippen LogP contribution in [-0.2, 0) is 6.18 Å². The first-order valence-corrected chi connectivity index (χ1v) is 12.9. The van der Waals surface area contributed by atoms with Crippen molar-refractivity contribution in [1.82, 2.24) is 24.4 Å². The number of hydrogen-bond donors (Lipinski definition) is 1. The molecule has 0 aliphatic carbocycles. The van der Waals surface area contributed by atoms with E-state index in [2.05, 4.69) is 15.0 Å². The number of amides is 1. The molecule has 0 bridgehead atoms. The van der Waals surface area contributed by atoms with Crippen molar-refractivity contribution in [2.24, 2.45) is 0 Å². The average Bonchev–Trinajstić information content (AvgIpc) is 3.58. The highest BCUT2D eigenvalue weighted by atomic mass is 32.1. The lowest BCUT2D eigenvalue weighted by molar-refractivity contribution is -0.143. The molecular formula is C26H26F3N5O3S. The maximum absolute atomic E-state index is 14.2. The SMILES string of the molecule is COc1ccc(-c2nc3c(C(=O)N4CCN([C@H](CO)c5cccs5)CC4)cnn3c(C(F)(F)F)c2C)cc1. The monoisotopic (exact) mass is 545 g/mol. The number of carbonyl (C=O) groups is 1. The summed E-state index contributed by atoms with van der Waals surface area (Å²) in [6, 6.07) is 10.3. The quantitative estimate of drug-likeness (QED) is 0.390. The summed E-state index contributed by atoms with van der Waals surface area (Å²) >= 11 is 1.56. The zero-order valence-corrected chi connectivity index (χ0v) is 21.6. The number of piperazine rings is 1. The minimum Gasteiger partial charge on any atom is -0.497 e. The summed E-state index contributed by atoms with van der Waals surface area (Å²) in [6.07, 6.45) is -3.56. The van der Waals surface area contributed by atoms with Gasteiger partial charge in [-0.2, -0.15) is 18.3 Å². The molecule has 4 aromatic rings. The van der Waals surface area contributed by atoms with Crippen LogP contribution in [0.2, 0.25) is 0 Å². The number of rotatable bonds is 6. The zero-order chi connectivity index (χ0) is 27.0. The van der Waals surface area contributed by atoms with E-state index in [1.54, 1.807) is 40.5 Å². The van der Waals surface area contributed by atoms with Gasteiger partial charge >= 0.3 is 6.18 Å². The number of nitrogens with zero attached hydrogens (tertiary/aromatic N) is 5. The number of carbonyl (C=O) groups excluding carboxylic acids is 1. The lowest BCUT2D eigenvalue weighted by Gasteiger charge is -2.38. The standard InChI is InChI=1S/C26H26F3N5O3S/c1-16-22(17-5-7-18(37-2)8-6-17)31-24-19(14-30-34(24)23(16)26(27,28)29)25(36)33-11-9-32(10-12-33)20(15-35)21-4-3-13-38-21/h3-8,13-14,20,35H,9-12,15H2,1-2H3/t20-/m1/s1. The molecule has 200 valence electrons. The Hall–Kier alpha value is -3.48. The molecule has 0 spiro atoms. The van der Waals surface area contributed by atoms with Gasteiger partial charge in [-0.15, -0.1) is 11.3 Å². The van der Waals surface area contributed by atoms with Gasteiger partial charge in [0.15, 0.2) is 11.3 Å². The Kier molecular flexibility index (Phi) is 7.12. The summed E-state index contributed by atoms with van der Waals surface area (Å²) in [5, 5.41) is 15.8. The molecule has 1 aromatic carbocycles. The largest absolute Gasteiger partial charge is 0.497 e. The number of halogens is 3. The number of aliphatic hydroxyl groups is 1. The normalized spacial score (nSPS) is 15.7. The summed E-state index contributed by atoms with van der Waals surface area (Å²) in [6.45, 7) is 3.07. The highest BCUT2D eigenvalue weighted by molar-refractivity contribution is 7.10. The molecule has 1 atom stereocenters. The molecule has 0 saturated carbocycles. The van der Waals surface area contributed by atoms with Crippen LogP contribution in [0.25, 0.3) is 16.9 Å². The van der Waals surface area contributed by atoms with Crippen LogP contribution in [0.15, 0.2) is 48.0 Å². The van der Waals surface area contributed by atoms with Crippen molar-refractivity contribution in [1.29, 1.82) is 0 Å². The number of thiophene rings is 1. The molecule has 1 aliphatic heterocycles. The Morgan fingerprint density at radius 3 is 2.45 bits per heavy atom. The molecule has 38 heavy (non-hydrogen) atoms. The van der Waals surface area contributed by atoms with E-state index in [1.807, 2.05) is 17.5 Å². The number of fused-ring (bicyclic) bond motifs is 1. The highest BCUT2D eigenvalue weighted by Crippen LogP contribution is 2.37. The second-order valence-corrected chi connectivity index (χ2v) is 9.98. The first-order valence-electron chi connectivity index (χ1n) is 12.0. The van der Waals surface area contributed by atoms with Crippen LogP contribution in [0.4, 0.5) is 13.2 Å². The van der Waals surface area contributed by atoms with E-state index in [4.69, 9.17) is 4.74 Å². The van der Waals surface area contributed by atoms with Crippen LogP contribution in [0.1, 0.15) is 32.5 Å². The van der Waals surface area contributed by atoms with Gasteiger partial charge in [0, 0.05) is 42.2 Å². The Balaban J connectivity index is 1.47. The van der Waals surface area contributed by atoms with Gasteiger partial charge in [-0.25, -0.2) is 9.50 Å². The summed E-state index contributed by atoms with van der Waals surface area (Å²) in [4.78, 5) is 22.8. The van der Waals surface area contributed by atoms with Gasteiger partial charge in [0.1, 0.15) is 11.3 Å². The van der Waals surface area contributed by atoms with E-state index in [-0.39, 0.29) is 35.1 Å². The zero-order valence-electron chi connectivity index (χ0n) is 20.8. The number of benzene rings is 1. The smallest absolute Gasteiger partial charge is 0.433 e. The van der Waals surface area contributed by atoms with Gasteiger partial charge < -0.3 is 14.7 Å². The third-order valence-electron chi connectivity index (χ3n) is 6.83. The number of ether oxygens (including phenoxy) is 1. The molecule has 1 amide bonds. The molecule has 1 fully saturated rings. The summed E-state index contributed by atoms with van der Waals surface area (Å²) in [5.74, 6) is 0.131. The molecule has 1 saturated heterocycles. The number of methoxy groups -OCH3 is 1. The summed E-state index contributed by atoms with van der Waals surface area (Å²) in [5.41, 5.74) is -0.612. The topological polar surface area (TPSA) is 83.2 Å². The van der Waals surface area contributed by atoms with Crippen LogP contribution < -0.4 is 4.74 Å². The molecule has 8 nitrogen and oxygen atoms in total. The van der Waals surface area contributed by atoms with Crippen LogP contribution in [0.3, 0.4) is 0 Å². The van der Waals surface area contributed by atoms with Gasteiger partial charge in [0.05, 0.1) is 31.6 Å². The maximum Gasteiger partial charge on any atom is 0.433 e. The van der Waals surface area contributed by atoms with E-state index in [0.717, 1.165) is 11.1 Å².